The topological polar surface area (TPSA) is 75.4 Å². The molecule has 24 heavy (non-hydrogen) atoms. The van der Waals surface area contributed by atoms with E-state index in [2.05, 4.69) is 5.10 Å². The second-order valence-corrected chi connectivity index (χ2v) is 6.48. The lowest BCUT2D eigenvalue weighted by Crippen LogP contribution is -2.47. The van der Waals surface area contributed by atoms with Gasteiger partial charge in [0.05, 0.1) is 11.6 Å². The molecule has 1 N–H and O–H groups in total. The van der Waals surface area contributed by atoms with Gasteiger partial charge >= 0.3 is 5.97 Å². The standard InChI is InChI=1S/C17H18ClN3O3/c1-11-2-3-12(17(23)24)10-20(11)16(22)15-8-9-21(19-15)14-6-4-13(18)5-7-14/h4-9,11-12H,2-3,10H2,1H3,(H,23,24). The predicted octanol–water partition coefficient (Wildman–Crippen LogP) is 2.85. The van der Waals surface area contributed by atoms with Crippen LogP contribution in [0.4, 0.5) is 0 Å². The van der Waals surface area contributed by atoms with Crippen LogP contribution in [0.2, 0.25) is 5.02 Å². The number of carbonyl (C=O) groups is 2. The molecule has 0 bridgehead atoms. The van der Waals surface area contributed by atoms with Crippen molar-refractivity contribution < 1.29 is 14.7 Å². The number of carbonyl (C=O) groups excluding carboxylic acids is 1. The van der Waals surface area contributed by atoms with Gasteiger partial charge in [-0.2, -0.15) is 5.10 Å². The van der Waals surface area contributed by atoms with Gasteiger partial charge in [-0.15, -0.1) is 0 Å². The Kier molecular flexibility index (Phi) is 4.57. The quantitative estimate of drug-likeness (QED) is 0.926. The Bertz CT molecular complexity index is 757. The highest BCUT2D eigenvalue weighted by Crippen LogP contribution is 2.24. The van der Waals surface area contributed by atoms with Gasteiger partial charge in [0.1, 0.15) is 0 Å². The maximum Gasteiger partial charge on any atom is 0.308 e. The lowest BCUT2D eigenvalue weighted by atomic mass is 9.93. The molecule has 1 aromatic heterocycles. The maximum absolute atomic E-state index is 12.7. The zero-order chi connectivity index (χ0) is 17.3. The van der Waals surface area contributed by atoms with Gasteiger partial charge in [0.2, 0.25) is 0 Å². The zero-order valence-corrected chi connectivity index (χ0v) is 14.0. The van der Waals surface area contributed by atoms with E-state index < -0.39 is 11.9 Å². The molecule has 1 fully saturated rings. The van der Waals surface area contributed by atoms with Crippen LogP contribution in [0.3, 0.4) is 0 Å². The van der Waals surface area contributed by atoms with Crippen molar-refractivity contribution in [3.05, 3.63) is 47.2 Å². The molecule has 0 spiro atoms. The average Bonchev–Trinajstić information content (AvgIpc) is 3.05. The number of hydrogen-bond acceptors (Lipinski definition) is 3. The minimum Gasteiger partial charge on any atom is -0.481 e. The van der Waals surface area contributed by atoms with Gasteiger partial charge in [0.25, 0.3) is 5.91 Å². The third-order valence-corrected chi connectivity index (χ3v) is 4.64. The number of likely N-dealkylation sites (tertiary alicyclic amines) is 1. The first kappa shape index (κ1) is 16.5. The van der Waals surface area contributed by atoms with Crippen LogP contribution < -0.4 is 0 Å². The van der Waals surface area contributed by atoms with Gasteiger partial charge in [0.15, 0.2) is 5.69 Å². The van der Waals surface area contributed by atoms with Crippen LogP contribution in [0.1, 0.15) is 30.3 Å². The number of piperidine rings is 1. The number of nitrogens with zero attached hydrogens (tertiary/aromatic N) is 3. The van der Waals surface area contributed by atoms with E-state index in [4.69, 9.17) is 11.6 Å². The Morgan fingerprint density at radius 3 is 2.58 bits per heavy atom. The summed E-state index contributed by atoms with van der Waals surface area (Å²) in [5, 5.41) is 14.2. The van der Waals surface area contributed by atoms with Crippen molar-refractivity contribution >= 4 is 23.5 Å². The molecule has 1 saturated heterocycles. The normalized spacial score (nSPS) is 20.8. The number of rotatable bonds is 3. The summed E-state index contributed by atoms with van der Waals surface area (Å²) in [6, 6.07) is 8.79. The van der Waals surface area contributed by atoms with Crippen molar-refractivity contribution in [1.82, 2.24) is 14.7 Å². The number of benzene rings is 1. The molecule has 0 saturated carbocycles. The van der Waals surface area contributed by atoms with Gasteiger partial charge in [-0.25, -0.2) is 4.68 Å². The molecule has 1 aromatic carbocycles. The molecule has 7 heteroatoms. The Labute approximate surface area is 144 Å². The highest BCUT2D eigenvalue weighted by molar-refractivity contribution is 6.30. The minimum absolute atomic E-state index is 0.00813. The predicted molar refractivity (Wildman–Crippen MR) is 89.4 cm³/mol. The summed E-state index contributed by atoms with van der Waals surface area (Å²) >= 11 is 5.87. The Morgan fingerprint density at radius 2 is 1.92 bits per heavy atom. The lowest BCUT2D eigenvalue weighted by molar-refractivity contribution is -0.143. The molecule has 0 radical (unpaired) electrons. The number of hydrogen-bond donors (Lipinski definition) is 1. The Hall–Kier alpha value is -2.34. The van der Waals surface area contributed by atoms with Crippen molar-refractivity contribution in [1.29, 1.82) is 0 Å². The second kappa shape index (κ2) is 6.65. The number of halogens is 1. The van der Waals surface area contributed by atoms with Crippen molar-refractivity contribution in [2.75, 3.05) is 6.54 Å². The van der Waals surface area contributed by atoms with E-state index in [-0.39, 0.29) is 18.5 Å². The molecule has 2 unspecified atom stereocenters. The molecule has 1 amide bonds. The first-order valence-corrected chi connectivity index (χ1v) is 8.19. The van der Waals surface area contributed by atoms with E-state index in [9.17, 15) is 14.7 Å². The zero-order valence-electron chi connectivity index (χ0n) is 13.2. The van der Waals surface area contributed by atoms with Gasteiger partial charge < -0.3 is 10.0 Å². The van der Waals surface area contributed by atoms with E-state index in [0.717, 1.165) is 5.69 Å². The molecular weight excluding hydrogens is 330 g/mol. The third-order valence-electron chi connectivity index (χ3n) is 4.39. The van der Waals surface area contributed by atoms with Gasteiger partial charge in [-0.3, -0.25) is 9.59 Å². The number of aliphatic carboxylic acids is 1. The number of aromatic nitrogens is 2. The van der Waals surface area contributed by atoms with Crippen molar-refractivity contribution in [3.63, 3.8) is 0 Å². The molecule has 3 rings (SSSR count). The van der Waals surface area contributed by atoms with Gasteiger partial charge in [-0.1, -0.05) is 11.6 Å². The van der Waals surface area contributed by atoms with E-state index in [1.165, 1.54) is 0 Å². The molecule has 1 aliphatic heterocycles. The van der Waals surface area contributed by atoms with Gasteiger partial charge in [-0.05, 0) is 50.1 Å². The summed E-state index contributed by atoms with van der Waals surface area (Å²) in [6.45, 7) is 2.16. The lowest BCUT2D eigenvalue weighted by Gasteiger charge is -2.36. The molecule has 6 nitrogen and oxygen atoms in total. The maximum atomic E-state index is 12.7. The minimum atomic E-state index is -0.855. The van der Waals surface area contributed by atoms with E-state index in [1.807, 2.05) is 19.1 Å². The smallest absolute Gasteiger partial charge is 0.308 e. The largest absolute Gasteiger partial charge is 0.481 e. The highest BCUT2D eigenvalue weighted by atomic mass is 35.5. The van der Waals surface area contributed by atoms with E-state index >= 15 is 0 Å². The highest BCUT2D eigenvalue weighted by Gasteiger charge is 2.33. The number of carboxylic acids is 1. The first-order valence-electron chi connectivity index (χ1n) is 7.81. The van der Waals surface area contributed by atoms with Crippen LogP contribution in [-0.4, -0.2) is 44.3 Å². The monoisotopic (exact) mass is 347 g/mol. The summed E-state index contributed by atoms with van der Waals surface area (Å²) in [7, 11) is 0. The summed E-state index contributed by atoms with van der Waals surface area (Å²) in [6.07, 6.45) is 2.99. The van der Waals surface area contributed by atoms with Crippen LogP contribution >= 0.6 is 11.6 Å². The van der Waals surface area contributed by atoms with Gasteiger partial charge in [0, 0.05) is 23.8 Å². The van der Waals surface area contributed by atoms with Crippen LogP contribution in [0.15, 0.2) is 36.5 Å². The molecule has 2 aromatic rings. The Balaban J connectivity index is 1.80. The summed E-state index contributed by atoms with van der Waals surface area (Å²) < 4.78 is 1.60. The molecule has 126 valence electrons. The fraction of sp³-hybridized carbons (Fsp3) is 0.353. The summed E-state index contributed by atoms with van der Waals surface area (Å²) in [5.74, 6) is -1.60. The summed E-state index contributed by atoms with van der Waals surface area (Å²) in [5.41, 5.74) is 1.11. The number of carboxylic acid groups (broad SMARTS) is 1. The first-order chi connectivity index (χ1) is 11.5. The molecule has 2 atom stereocenters. The van der Waals surface area contributed by atoms with Crippen molar-refractivity contribution in [3.8, 4) is 5.69 Å². The fourth-order valence-electron chi connectivity index (χ4n) is 2.91. The molecular formula is C17H18ClN3O3. The molecule has 1 aliphatic rings. The van der Waals surface area contributed by atoms with Crippen LogP contribution in [-0.2, 0) is 4.79 Å². The van der Waals surface area contributed by atoms with Crippen LogP contribution in [0, 0.1) is 5.92 Å². The second-order valence-electron chi connectivity index (χ2n) is 6.04. The SMILES string of the molecule is CC1CCC(C(=O)O)CN1C(=O)c1ccn(-c2ccc(Cl)cc2)n1. The summed E-state index contributed by atoms with van der Waals surface area (Å²) in [4.78, 5) is 25.5. The van der Waals surface area contributed by atoms with Crippen LogP contribution in [0.5, 0.6) is 0 Å². The third kappa shape index (κ3) is 3.28. The number of amides is 1. The molecule has 2 heterocycles. The van der Waals surface area contributed by atoms with E-state index in [0.29, 0.717) is 23.6 Å². The van der Waals surface area contributed by atoms with E-state index in [1.54, 1.807) is 34.0 Å². The molecule has 0 aliphatic carbocycles. The van der Waals surface area contributed by atoms with Crippen molar-refractivity contribution in [2.45, 2.75) is 25.8 Å². The average molecular weight is 348 g/mol. The van der Waals surface area contributed by atoms with Crippen molar-refractivity contribution in [2.24, 2.45) is 5.92 Å². The van der Waals surface area contributed by atoms with Crippen LogP contribution in [0.25, 0.3) is 5.69 Å². The Morgan fingerprint density at radius 1 is 1.21 bits per heavy atom. The fourth-order valence-corrected chi connectivity index (χ4v) is 3.04.